The van der Waals surface area contributed by atoms with E-state index in [1.54, 1.807) is 0 Å². The first-order valence-electron chi connectivity index (χ1n) is 14.0. The fourth-order valence-electron chi connectivity index (χ4n) is 3.34. The second-order valence-corrected chi connectivity index (χ2v) is 20.3. The quantitative estimate of drug-likeness (QED) is 0.144. The Morgan fingerprint density at radius 3 is 0.604 bits per heavy atom. The summed E-state index contributed by atoms with van der Waals surface area (Å²) in [7, 11) is -6.09. The van der Waals surface area contributed by atoms with Crippen LogP contribution in [-0.2, 0) is 32.5 Å². The van der Waals surface area contributed by atoms with Crippen LogP contribution in [0.15, 0.2) is 182 Å². The number of alkyl halides is 3. The first kappa shape index (κ1) is 42.3. The van der Waals surface area contributed by atoms with Gasteiger partial charge in [0.25, 0.3) is 0 Å². The molecule has 0 aromatic heterocycles. The van der Waals surface area contributed by atoms with Crippen molar-refractivity contribution in [2.24, 2.45) is 0 Å². The van der Waals surface area contributed by atoms with E-state index in [1.807, 2.05) is 0 Å². The van der Waals surface area contributed by atoms with Crippen LogP contribution in [0.4, 0.5) is 13.2 Å². The van der Waals surface area contributed by atoms with E-state index in [0.29, 0.717) is 0 Å². The van der Waals surface area contributed by atoms with Crippen molar-refractivity contribution < 1.29 is 48.5 Å². The number of benzene rings is 6. The Hall–Kier alpha value is -1.87. The number of rotatable bonds is 6. The monoisotopic (exact) mass is 1110 g/mol. The van der Waals surface area contributed by atoms with Crippen LogP contribution >= 0.6 is 0 Å². The third-order valence-electron chi connectivity index (χ3n) is 5.45. The molecule has 0 saturated heterocycles. The standard InChI is InChI=1S/3C12H10Te.CHF3O3S.Ag/c3*1-3-7-11(8-4-1)13-12-9-5-2-6-10-12;2-1(3,4)8(5,6)7;/h3*1-10H;(H,5,6,7);/q;;;;+1/p-1. The van der Waals surface area contributed by atoms with Gasteiger partial charge in [0.05, 0.1) is 0 Å². The first-order chi connectivity index (χ1) is 22.6. The van der Waals surface area contributed by atoms with Gasteiger partial charge in [0.15, 0.2) is 10.1 Å². The molecule has 0 fully saturated rings. The van der Waals surface area contributed by atoms with Gasteiger partial charge < -0.3 is 4.55 Å². The summed E-state index contributed by atoms with van der Waals surface area (Å²) in [5, 5.41) is 0. The molecule has 0 unspecified atom stereocenters. The zero-order valence-corrected chi connectivity index (χ0v) is 34.4. The van der Waals surface area contributed by atoms with Crippen molar-refractivity contribution in [3.05, 3.63) is 182 Å². The molecule has 6 rings (SSSR count). The van der Waals surface area contributed by atoms with Gasteiger partial charge in [0, 0.05) is 0 Å². The van der Waals surface area contributed by atoms with Crippen LogP contribution in [0.3, 0.4) is 0 Å². The summed E-state index contributed by atoms with van der Waals surface area (Å²) in [6.07, 6.45) is 0. The van der Waals surface area contributed by atoms with Gasteiger partial charge in [-0.05, 0) is 0 Å². The molecule has 6 aromatic carbocycles. The Morgan fingerprint density at radius 2 is 0.500 bits per heavy atom. The molecule has 0 aliphatic rings. The van der Waals surface area contributed by atoms with E-state index in [1.165, 1.54) is 21.7 Å². The van der Waals surface area contributed by atoms with Crippen LogP contribution in [0, 0.1) is 0 Å². The van der Waals surface area contributed by atoms with E-state index in [0.717, 1.165) is 0 Å². The molecule has 0 spiro atoms. The van der Waals surface area contributed by atoms with Gasteiger partial charge in [-0.1, -0.05) is 0 Å². The summed E-state index contributed by atoms with van der Waals surface area (Å²) in [5.74, 6) is 0. The zero-order chi connectivity index (χ0) is 33.8. The van der Waals surface area contributed by atoms with Crippen molar-refractivity contribution in [1.82, 2.24) is 0 Å². The van der Waals surface area contributed by atoms with Crippen LogP contribution in [0.25, 0.3) is 0 Å². The van der Waals surface area contributed by atoms with Crippen molar-refractivity contribution in [2.45, 2.75) is 5.51 Å². The van der Waals surface area contributed by atoms with E-state index in [2.05, 4.69) is 182 Å². The number of hydrogen-bond acceptors (Lipinski definition) is 3. The number of halogens is 3. The summed E-state index contributed by atoms with van der Waals surface area (Å²) in [5.41, 5.74) is -5.65. The molecule has 0 aliphatic carbocycles. The Bertz CT molecular complexity index is 1490. The topological polar surface area (TPSA) is 57.2 Å². The summed E-state index contributed by atoms with van der Waals surface area (Å²) in [6.45, 7) is 0. The first-order valence-corrected chi connectivity index (χ1v) is 22.4. The fourth-order valence-corrected chi connectivity index (χ4v) is 10.7. The van der Waals surface area contributed by atoms with Crippen molar-refractivity contribution >= 4 is 94.6 Å². The second-order valence-electron chi connectivity index (χ2n) is 9.08. The van der Waals surface area contributed by atoms with Gasteiger partial charge in [-0.25, -0.2) is 8.42 Å². The van der Waals surface area contributed by atoms with Crippen LogP contribution in [0.2, 0.25) is 0 Å². The minimum atomic E-state index is -6.09. The molecule has 48 heavy (non-hydrogen) atoms. The summed E-state index contributed by atoms with van der Waals surface area (Å²) in [4.78, 5) is 0. The van der Waals surface area contributed by atoms with Gasteiger partial charge in [-0.3, -0.25) is 0 Å². The van der Waals surface area contributed by atoms with Crippen LogP contribution in [-0.4, -0.2) is 81.2 Å². The maximum absolute atomic E-state index is 10.7. The van der Waals surface area contributed by atoms with Crippen molar-refractivity contribution in [3.8, 4) is 0 Å². The van der Waals surface area contributed by atoms with Crippen molar-refractivity contribution in [1.29, 1.82) is 0 Å². The predicted octanol–water partition coefficient (Wildman–Crippen LogP) is 4.07. The van der Waals surface area contributed by atoms with E-state index in [-0.39, 0.29) is 85.1 Å². The summed E-state index contributed by atoms with van der Waals surface area (Å²) < 4.78 is 67.9. The van der Waals surface area contributed by atoms with Gasteiger partial charge in [-0.15, -0.1) is 0 Å². The van der Waals surface area contributed by atoms with E-state index in [4.69, 9.17) is 13.0 Å². The molecule has 0 aliphatic heterocycles. The Balaban J connectivity index is 0.000000225. The molecule has 0 heterocycles. The maximum atomic E-state index is 10.7. The molecule has 6 aromatic rings. The third kappa shape index (κ3) is 18.2. The molecule has 0 saturated carbocycles. The van der Waals surface area contributed by atoms with Crippen LogP contribution < -0.4 is 21.7 Å². The molecular weight excluding hydrogens is 1070 g/mol. The zero-order valence-electron chi connectivity index (χ0n) is 25.1. The van der Waals surface area contributed by atoms with E-state index in [9.17, 15) is 13.2 Å². The van der Waals surface area contributed by atoms with Gasteiger partial charge in [-0.2, -0.15) is 13.2 Å². The third-order valence-corrected chi connectivity index (χ3v) is 14.7. The van der Waals surface area contributed by atoms with Crippen LogP contribution in [0.5, 0.6) is 0 Å². The number of hydrogen-bond donors (Lipinski definition) is 0. The summed E-state index contributed by atoms with van der Waals surface area (Å²) >= 11 is -0.460. The normalized spacial score (nSPS) is 10.3. The second kappa shape index (κ2) is 23.5. The fraction of sp³-hybridized carbons (Fsp3) is 0.0270. The van der Waals surface area contributed by atoms with Crippen molar-refractivity contribution in [2.75, 3.05) is 0 Å². The molecular formula is C37H30AgF3O3STe3. The molecule has 0 bridgehead atoms. The van der Waals surface area contributed by atoms with Gasteiger partial charge >= 0.3 is 294 Å². The van der Waals surface area contributed by atoms with Gasteiger partial charge in [0.1, 0.15) is 0 Å². The Kier molecular flexibility index (Phi) is 20.7. The predicted molar refractivity (Wildman–Crippen MR) is 189 cm³/mol. The molecule has 3 nitrogen and oxygen atoms in total. The molecule has 0 radical (unpaired) electrons. The molecule has 0 amide bonds. The van der Waals surface area contributed by atoms with Crippen molar-refractivity contribution in [3.63, 3.8) is 0 Å². The van der Waals surface area contributed by atoms with Crippen LogP contribution in [0.1, 0.15) is 0 Å². The minimum absolute atomic E-state index is 0. The van der Waals surface area contributed by atoms with E-state index < -0.39 is 15.6 Å². The average Bonchev–Trinajstić information content (AvgIpc) is 3.08. The van der Waals surface area contributed by atoms with E-state index >= 15 is 0 Å². The molecule has 0 atom stereocenters. The Labute approximate surface area is 326 Å². The molecule has 11 heteroatoms. The Morgan fingerprint density at radius 1 is 0.375 bits per heavy atom. The molecule has 0 N–H and O–H groups in total. The SMILES string of the molecule is O=S(=O)([O-])C(F)(F)F.[Ag+].c1ccc([Te]c2ccccc2)cc1.c1ccc([Te]c2ccccc2)cc1.c1ccc([Te]c2ccccc2)cc1. The summed E-state index contributed by atoms with van der Waals surface area (Å²) in [6, 6.07) is 64.4. The van der Waals surface area contributed by atoms with Gasteiger partial charge in [0.2, 0.25) is 0 Å². The molecule has 252 valence electrons. The average molecular weight is 1100 g/mol.